The molecule has 0 aliphatic carbocycles. The van der Waals surface area contributed by atoms with Gasteiger partial charge in [0.15, 0.2) is 6.61 Å². The van der Waals surface area contributed by atoms with Crippen LogP contribution in [-0.4, -0.2) is 18.5 Å². The third-order valence-corrected chi connectivity index (χ3v) is 5.01. The quantitative estimate of drug-likeness (QED) is 0.201. The number of esters is 1. The number of nitrogens with zero attached hydrogens (tertiary/aromatic N) is 1. The highest BCUT2D eigenvalue weighted by molar-refractivity contribution is 9.10. The molecule has 0 atom stereocenters. The summed E-state index contributed by atoms with van der Waals surface area (Å²) in [5.41, 5.74) is 2.37. The Morgan fingerprint density at radius 2 is 1.85 bits per heavy atom. The van der Waals surface area contributed by atoms with Crippen LogP contribution in [-0.2, 0) is 16.1 Å². The van der Waals surface area contributed by atoms with Gasteiger partial charge in [0.05, 0.1) is 12.8 Å². The van der Waals surface area contributed by atoms with Crippen molar-refractivity contribution in [1.82, 2.24) is 5.32 Å². The van der Waals surface area contributed by atoms with Crippen LogP contribution >= 0.6 is 15.9 Å². The predicted molar refractivity (Wildman–Crippen MR) is 125 cm³/mol. The summed E-state index contributed by atoms with van der Waals surface area (Å²) in [4.78, 5) is 24.4. The molecular weight excluding hydrogens is 488 g/mol. The van der Waals surface area contributed by atoms with E-state index in [9.17, 15) is 14.9 Å². The van der Waals surface area contributed by atoms with E-state index in [0.29, 0.717) is 22.8 Å². The summed E-state index contributed by atoms with van der Waals surface area (Å²) in [6.45, 7) is 3.75. The van der Waals surface area contributed by atoms with Gasteiger partial charge < -0.3 is 19.2 Å². The van der Waals surface area contributed by atoms with Crippen LogP contribution in [0.5, 0.6) is 11.5 Å². The molecule has 0 radical (unpaired) electrons. The SMILES string of the molecule is Cc1cc(Br)cc(C)c1OCC(=O)Oc1ccc(/C=C(\C#N)C(=O)NCc2ccco2)cc1. The maximum absolute atomic E-state index is 12.2. The smallest absolute Gasteiger partial charge is 0.349 e. The van der Waals surface area contributed by atoms with Crippen molar-refractivity contribution < 1.29 is 23.5 Å². The number of carbonyl (C=O) groups is 2. The molecule has 0 unspecified atom stereocenters. The van der Waals surface area contributed by atoms with Crippen LogP contribution in [0.4, 0.5) is 0 Å². The van der Waals surface area contributed by atoms with Crippen LogP contribution in [0.25, 0.3) is 6.08 Å². The third-order valence-electron chi connectivity index (χ3n) is 4.55. The fourth-order valence-corrected chi connectivity index (χ4v) is 3.73. The summed E-state index contributed by atoms with van der Waals surface area (Å²) >= 11 is 3.43. The van der Waals surface area contributed by atoms with E-state index < -0.39 is 11.9 Å². The van der Waals surface area contributed by atoms with E-state index in [4.69, 9.17) is 13.9 Å². The van der Waals surface area contributed by atoms with Crippen molar-refractivity contribution in [2.45, 2.75) is 20.4 Å². The molecule has 3 rings (SSSR count). The molecule has 0 fully saturated rings. The van der Waals surface area contributed by atoms with Gasteiger partial charge in [-0.3, -0.25) is 4.79 Å². The maximum atomic E-state index is 12.2. The van der Waals surface area contributed by atoms with Crippen LogP contribution in [0.3, 0.4) is 0 Å². The molecule has 7 nitrogen and oxygen atoms in total. The van der Waals surface area contributed by atoms with E-state index in [1.165, 1.54) is 12.3 Å². The Bertz CT molecular complexity index is 1190. The van der Waals surface area contributed by atoms with Gasteiger partial charge in [-0.25, -0.2) is 4.79 Å². The Morgan fingerprint density at radius 1 is 1.15 bits per heavy atom. The number of benzene rings is 2. The van der Waals surface area contributed by atoms with Crippen LogP contribution in [0.2, 0.25) is 0 Å². The Hall–Kier alpha value is -3.83. The lowest BCUT2D eigenvalue weighted by Crippen LogP contribution is -2.23. The van der Waals surface area contributed by atoms with Crippen LogP contribution in [0, 0.1) is 25.2 Å². The molecule has 2 aromatic carbocycles. The second-order valence-electron chi connectivity index (χ2n) is 7.13. The Balaban J connectivity index is 1.56. The number of nitrogens with one attached hydrogen (secondary N) is 1. The Kier molecular flexibility index (Phi) is 8.06. The van der Waals surface area contributed by atoms with Gasteiger partial charge in [0, 0.05) is 4.47 Å². The Labute approximate surface area is 199 Å². The molecule has 168 valence electrons. The van der Waals surface area contributed by atoms with Crippen LogP contribution in [0.15, 0.2) is 69.3 Å². The first kappa shape index (κ1) is 23.8. The van der Waals surface area contributed by atoms with Crippen molar-refractivity contribution in [3.63, 3.8) is 0 Å². The minimum atomic E-state index is -0.546. The summed E-state index contributed by atoms with van der Waals surface area (Å²) in [7, 11) is 0. The number of ether oxygens (including phenoxy) is 2. The topological polar surface area (TPSA) is 102 Å². The number of hydrogen-bond acceptors (Lipinski definition) is 6. The Morgan fingerprint density at radius 3 is 2.45 bits per heavy atom. The number of hydrogen-bond donors (Lipinski definition) is 1. The molecule has 0 spiro atoms. The monoisotopic (exact) mass is 508 g/mol. The number of aryl methyl sites for hydroxylation is 2. The van der Waals surface area contributed by atoms with Crippen LogP contribution in [0.1, 0.15) is 22.5 Å². The summed E-state index contributed by atoms with van der Waals surface area (Å²) in [5, 5.41) is 11.9. The first-order valence-corrected chi connectivity index (χ1v) is 10.8. The number of rotatable bonds is 8. The van der Waals surface area contributed by atoms with Crippen molar-refractivity contribution >= 4 is 33.9 Å². The number of amides is 1. The molecule has 0 bridgehead atoms. The maximum Gasteiger partial charge on any atom is 0.349 e. The lowest BCUT2D eigenvalue weighted by Gasteiger charge is -2.12. The minimum absolute atomic E-state index is 0.0556. The van der Waals surface area contributed by atoms with Crippen molar-refractivity contribution in [1.29, 1.82) is 5.26 Å². The highest BCUT2D eigenvalue weighted by Crippen LogP contribution is 2.27. The van der Waals surface area contributed by atoms with Gasteiger partial charge in [-0.2, -0.15) is 5.26 Å². The molecule has 0 aliphatic heterocycles. The fraction of sp³-hybridized carbons (Fsp3) is 0.160. The van der Waals surface area contributed by atoms with E-state index in [1.54, 1.807) is 36.4 Å². The molecule has 1 N–H and O–H groups in total. The number of carbonyl (C=O) groups excluding carboxylic acids is 2. The zero-order chi connectivity index (χ0) is 23.8. The number of furan rings is 1. The zero-order valence-electron chi connectivity index (χ0n) is 18.1. The number of halogens is 1. The van der Waals surface area contributed by atoms with E-state index in [-0.39, 0.29) is 18.7 Å². The third kappa shape index (κ3) is 6.82. The van der Waals surface area contributed by atoms with E-state index in [1.807, 2.05) is 32.0 Å². The van der Waals surface area contributed by atoms with Crippen LogP contribution < -0.4 is 14.8 Å². The molecule has 3 aromatic rings. The fourth-order valence-electron chi connectivity index (χ4n) is 3.04. The second kappa shape index (κ2) is 11.2. The first-order chi connectivity index (χ1) is 15.9. The predicted octanol–water partition coefficient (Wildman–Crippen LogP) is 4.87. The molecule has 0 saturated carbocycles. The molecule has 1 heterocycles. The second-order valence-corrected chi connectivity index (χ2v) is 8.05. The summed E-state index contributed by atoms with van der Waals surface area (Å²) in [6, 6.07) is 15.6. The minimum Gasteiger partial charge on any atom is -0.481 e. The van der Waals surface area contributed by atoms with Gasteiger partial charge in [-0.1, -0.05) is 28.1 Å². The van der Waals surface area contributed by atoms with Gasteiger partial charge in [-0.05, 0) is 73.0 Å². The van der Waals surface area contributed by atoms with Gasteiger partial charge >= 0.3 is 5.97 Å². The molecule has 1 amide bonds. The van der Waals surface area contributed by atoms with E-state index >= 15 is 0 Å². The lowest BCUT2D eigenvalue weighted by atomic mass is 10.1. The van der Waals surface area contributed by atoms with Crippen molar-refractivity contribution in [2.75, 3.05) is 6.61 Å². The highest BCUT2D eigenvalue weighted by atomic mass is 79.9. The molecular formula is C25H21BrN2O5. The molecule has 0 saturated heterocycles. The van der Waals surface area contributed by atoms with Crippen molar-refractivity contribution in [3.8, 4) is 17.6 Å². The van der Waals surface area contributed by atoms with Gasteiger partial charge in [0.25, 0.3) is 5.91 Å². The molecule has 33 heavy (non-hydrogen) atoms. The average molecular weight is 509 g/mol. The standard InChI is InChI=1S/C25H21BrN2O5/c1-16-10-20(26)11-17(2)24(16)32-15-23(29)33-21-7-5-18(6-8-21)12-19(13-27)25(30)28-14-22-4-3-9-31-22/h3-12H,14-15H2,1-2H3,(H,28,30)/b19-12+. The highest BCUT2D eigenvalue weighted by Gasteiger charge is 2.12. The molecule has 8 heteroatoms. The van der Waals surface area contributed by atoms with Gasteiger partial charge in [0.2, 0.25) is 0 Å². The van der Waals surface area contributed by atoms with E-state index in [2.05, 4.69) is 21.2 Å². The first-order valence-electron chi connectivity index (χ1n) is 9.98. The molecule has 1 aromatic heterocycles. The van der Waals surface area contributed by atoms with Gasteiger partial charge in [-0.15, -0.1) is 0 Å². The average Bonchev–Trinajstić information content (AvgIpc) is 3.30. The zero-order valence-corrected chi connectivity index (χ0v) is 19.6. The van der Waals surface area contributed by atoms with Crippen molar-refractivity contribution in [3.05, 3.63) is 87.3 Å². The summed E-state index contributed by atoms with van der Waals surface area (Å²) in [6.07, 6.45) is 2.96. The largest absolute Gasteiger partial charge is 0.481 e. The van der Waals surface area contributed by atoms with E-state index in [0.717, 1.165) is 15.6 Å². The summed E-state index contributed by atoms with van der Waals surface area (Å²) < 4.78 is 17.0. The normalized spacial score (nSPS) is 10.9. The molecule has 0 aliphatic rings. The van der Waals surface area contributed by atoms with Crippen molar-refractivity contribution in [2.24, 2.45) is 0 Å². The lowest BCUT2D eigenvalue weighted by molar-refractivity contribution is -0.136. The number of nitriles is 1. The van der Waals surface area contributed by atoms with Gasteiger partial charge in [0.1, 0.15) is 28.9 Å². The summed E-state index contributed by atoms with van der Waals surface area (Å²) in [5.74, 6) is 0.493.